The summed E-state index contributed by atoms with van der Waals surface area (Å²) >= 11 is 5.60. The van der Waals surface area contributed by atoms with E-state index < -0.39 is 29.0 Å². The fourth-order valence-electron chi connectivity index (χ4n) is 5.57. The third kappa shape index (κ3) is 5.53. The first-order valence-corrected chi connectivity index (χ1v) is 16.3. The molecule has 0 aliphatic carbocycles. The van der Waals surface area contributed by atoms with Gasteiger partial charge in [-0.2, -0.15) is 0 Å². The molecule has 2 aliphatic heterocycles. The van der Waals surface area contributed by atoms with Gasteiger partial charge in [0.25, 0.3) is 0 Å². The lowest BCUT2D eigenvalue weighted by molar-refractivity contribution is -0.122. The summed E-state index contributed by atoms with van der Waals surface area (Å²) in [7, 11) is 0. The standard InChI is InChI=1S/C32H26BrN3O6S2/c1-3-42-31(40)19-9-13-22(14-10-19)36-28(38)25-24(18-7-11-20(33)12-8-18)27-30(43-26(25)29(36)39)35(32(41)44-27)16-23(37)34-21-6-4-5-17(2)15-21/h4-15,24-26H,3,16H2,1-2H3,(H,34,37)/t24-,25?,26?/m1/s1. The van der Waals surface area contributed by atoms with Crippen molar-refractivity contribution in [2.45, 2.75) is 36.6 Å². The molecule has 0 spiro atoms. The number of fused-ring (bicyclic) bond motifs is 2. The fourth-order valence-corrected chi connectivity index (χ4v) is 8.60. The highest BCUT2D eigenvalue weighted by atomic mass is 79.9. The molecule has 1 fully saturated rings. The van der Waals surface area contributed by atoms with E-state index in [0.29, 0.717) is 26.8 Å². The first kappa shape index (κ1) is 30.0. The van der Waals surface area contributed by atoms with E-state index >= 15 is 0 Å². The molecule has 1 saturated heterocycles. The summed E-state index contributed by atoms with van der Waals surface area (Å²) in [5.41, 5.74) is 3.04. The number of amides is 3. The zero-order valence-electron chi connectivity index (χ0n) is 23.6. The lowest BCUT2D eigenvalue weighted by atomic mass is 9.83. The van der Waals surface area contributed by atoms with Crippen molar-refractivity contribution in [1.29, 1.82) is 0 Å². The number of nitrogens with one attached hydrogen (secondary N) is 1. The van der Waals surface area contributed by atoms with Gasteiger partial charge in [0, 0.05) is 21.0 Å². The Kier molecular flexibility index (Phi) is 8.32. The molecular formula is C32H26BrN3O6S2. The molecule has 2 aliphatic rings. The summed E-state index contributed by atoms with van der Waals surface area (Å²) < 4.78 is 7.29. The molecule has 44 heavy (non-hydrogen) atoms. The summed E-state index contributed by atoms with van der Waals surface area (Å²) in [6.45, 7) is 3.62. The molecule has 2 unspecified atom stereocenters. The number of benzene rings is 3. The number of anilines is 2. The Morgan fingerprint density at radius 1 is 0.977 bits per heavy atom. The van der Waals surface area contributed by atoms with E-state index in [1.807, 2.05) is 49.4 Å². The number of ether oxygens (including phenoxy) is 1. The van der Waals surface area contributed by atoms with E-state index in [-0.39, 0.29) is 29.8 Å². The second kappa shape index (κ2) is 12.2. The molecule has 6 rings (SSSR count). The van der Waals surface area contributed by atoms with Crippen molar-refractivity contribution in [3.8, 4) is 0 Å². The molecule has 9 nitrogen and oxygen atoms in total. The molecular weight excluding hydrogens is 666 g/mol. The van der Waals surface area contributed by atoms with E-state index in [4.69, 9.17) is 4.74 Å². The lowest BCUT2D eigenvalue weighted by Crippen LogP contribution is -2.33. The number of aryl methyl sites for hydroxylation is 1. The normalized spacial score (nSPS) is 19.0. The van der Waals surface area contributed by atoms with Gasteiger partial charge in [-0.3, -0.25) is 23.7 Å². The van der Waals surface area contributed by atoms with Crippen LogP contribution in [0.2, 0.25) is 0 Å². The van der Waals surface area contributed by atoms with Gasteiger partial charge < -0.3 is 10.1 Å². The summed E-state index contributed by atoms with van der Waals surface area (Å²) in [6, 6.07) is 21.0. The minimum Gasteiger partial charge on any atom is -0.462 e. The SMILES string of the molecule is CCOC(=O)c1ccc(N2C(=O)C3Sc4c(sc(=O)n4CC(=O)Nc4cccc(C)c4)[C@H](c4ccc(Br)cc4)C3C2=O)cc1. The molecule has 3 aromatic carbocycles. The van der Waals surface area contributed by atoms with Gasteiger partial charge in [-0.15, -0.1) is 0 Å². The highest BCUT2D eigenvalue weighted by molar-refractivity contribution is 9.10. The number of carbonyl (C=O) groups excluding carboxylic acids is 4. The Labute approximate surface area is 269 Å². The van der Waals surface area contributed by atoms with Crippen LogP contribution in [-0.2, 0) is 25.7 Å². The van der Waals surface area contributed by atoms with Crippen LogP contribution >= 0.6 is 39.0 Å². The average molecular weight is 693 g/mol. The van der Waals surface area contributed by atoms with Gasteiger partial charge in [-0.05, 0) is 73.5 Å². The molecule has 224 valence electrons. The lowest BCUT2D eigenvalue weighted by Gasteiger charge is -2.30. The van der Waals surface area contributed by atoms with E-state index in [0.717, 1.165) is 43.6 Å². The van der Waals surface area contributed by atoms with Crippen LogP contribution in [0.1, 0.15) is 39.2 Å². The van der Waals surface area contributed by atoms with Crippen LogP contribution in [0.4, 0.5) is 11.4 Å². The number of aromatic nitrogens is 1. The summed E-state index contributed by atoms with van der Waals surface area (Å²) in [4.78, 5) is 68.1. The second-order valence-electron chi connectivity index (χ2n) is 10.4. The minimum atomic E-state index is -0.825. The Bertz CT molecular complexity index is 1850. The van der Waals surface area contributed by atoms with Crippen molar-refractivity contribution in [1.82, 2.24) is 4.57 Å². The maximum atomic E-state index is 14.1. The molecule has 1 N–H and O–H groups in total. The van der Waals surface area contributed by atoms with E-state index in [9.17, 15) is 24.0 Å². The number of halogens is 1. The average Bonchev–Trinajstić information content (AvgIpc) is 3.44. The van der Waals surface area contributed by atoms with Crippen LogP contribution in [0, 0.1) is 12.8 Å². The Morgan fingerprint density at radius 2 is 1.70 bits per heavy atom. The van der Waals surface area contributed by atoms with Crippen LogP contribution in [0.15, 0.2) is 87.1 Å². The molecule has 3 heterocycles. The second-order valence-corrected chi connectivity index (χ2v) is 13.5. The van der Waals surface area contributed by atoms with Gasteiger partial charge in [0.1, 0.15) is 11.8 Å². The quantitative estimate of drug-likeness (QED) is 0.198. The monoisotopic (exact) mass is 691 g/mol. The first-order chi connectivity index (χ1) is 21.2. The van der Waals surface area contributed by atoms with Gasteiger partial charge in [0.15, 0.2) is 0 Å². The fraction of sp³-hybridized carbons (Fsp3) is 0.219. The molecule has 3 amide bonds. The number of esters is 1. The third-order valence-corrected chi connectivity index (χ3v) is 10.7. The molecule has 0 bridgehead atoms. The Balaban J connectivity index is 1.37. The molecule has 0 saturated carbocycles. The van der Waals surface area contributed by atoms with Gasteiger partial charge >= 0.3 is 10.8 Å². The molecule has 12 heteroatoms. The molecule has 3 atom stereocenters. The van der Waals surface area contributed by atoms with Gasteiger partial charge in [0.05, 0.1) is 28.8 Å². The van der Waals surface area contributed by atoms with E-state index in [1.54, 1.807) is 25.1 Å². The number of rotatable bonds is 7. The molecule has 4 aromatic rings. The first-order valence-electron chi connectivity index (χ1n) is 13.8. The molecule has 0 radical (unpaired) electrons. The van der Waals surface area contributed by atoms with E-state index in [1.165, 1.54) is 16.7 Å². The number of carbonyl (C=O) groups is 4. The number of nitrogens with zero attached hydrogens (tertiary/aromatic N) is 2. The Morgan fingerprint density at radius 3 is 2.39 bits per heavy atom. The topological polar surface area (TPSA) is 115 Å². The smallest absolute Gasteiger partial charge is 0.338 e. The van der Waals surface area contributed by atoms with Crippen molar-refractivity contribution in [2.24, 2.45) is 5.92 Å². The maximum Gasteiger partial charge on any atom is 0.338 e. The number of thioether (sulfide) groups is 1. The largest absolute Gasteiger partial charge is 0.462 e. The zero-order valence-corrected chi connectivity index (χ0v) is 26.8. The maximum absolute atomic E-state index is 14.1. The van der Waals surface area contributed by atoms with Crippen molar-refractivity contribution in [3.05, 3.63) is 109 Å². The predicted molar refractivity (Wildman–Crippen MR) is 172 cm³/mol. The van der Waals surface area contributed by atoms with Crippen LogP contribution in [0.3, 0.4) is 0 Å². The minimum absolute atomic E-state index is 0.227. The highest BCUT2D eigenvalue weighted by Crippen LogP contribution is 2.54. The number of imide groups is 1. The predicted octanol–water partition coefficient (Wildman–Crippen LogP) is 5.59. The van der Waals surface area contributed by atoms with Gasteiger partial charge in [-0.25, -0.2) is 9.69 Å². The Hall–Kier alpha value is -4.00. The highest BCUT2D eigenvalue weighted by Gasteiger charge is 2.56. The van der Waals surface area contributed by atoms with Gasteiger partial charge in [-0.1, -0.05) is 63.3 Å². The number of thiazole rings is 1. The van der Waals surface area contributed by atoms with Crippen LogP contribution in [-0.4, -0.2) is 40.1 Å². The van der Waals surface area contributed by atoms with Crippen molar-refractivity contribution in [3.63, 3.8) is 0 Å². The van der Waals surface area contributed by atoms with Crippen LogP contribution in [0.5, 0.6) is 0 Å². The van der Waals surface area contributed by atoms with Crippen LogP contribution < -0.4 is 15.1 Å². The summed E-state index contributed by atoms with van der Waals surface area (Å²) in [6.07, 6.45) is 0. The summed E-state index contributed by atoms with van der Waals surface area (Å²) in [5.74, 6) is -3.04. The molecule has 1 aromatic heterocycles. The number of hydrogen-bond acceptors (Lipinski definition) is 8. The van der Waals surface area contributed by atoms with Crippen molar-refractivity contribution >= 4 is 74.1 Å². The van der Waals surface area contributed by atoms with E-state index in [2.05, 4.69) is 21.2 Å². The number of hydrogen-bond donors (Lipinski definition) is 1. The summed E-state index contributed by atoms with van der Waals surface area (Å²) in [5, 5.41) is 2.53. The van der Waals surface area contributed by atoms with Crippen molar-refractivity contribution < 1.29 is 23.9 Å². The zero-order chi connectivity index (χ0) is 31.1. The van der Waals surface area contributed by atoms with Gasteiger partial charge in [0.2, 0.25) is 17.7 Å². The van der Waals surface area contributed by atoms with Crippen molar-refractivity contribution in [2.75, 3.05) is 16.8 Å². The third-order valence-electron chi connectivity index (χ3n) is 7.52. The van der Waals surface area contributed by atoms with Crippen LogP contribution in [0.25, 0.3) is 0 Å².